The predicted octanol–water partition coefficient (Wildman–Crippen LogP) is 1.72. The Balaban J connectivity index is 2.38. The minimum Gasteiger partial charge on any atom is -0.383 e. The number of hydrogen-bond donors (Lipinski definition) is 2. The van der Waals surface area contributed by atoms with Crippen molar-refractivity contribution in [3.8, 4) is 0 Å². The van der Waals surface area contributed by atoms with Crippen molar-refractivity contribution in [2.75, 3.05) is 12.3 Å². The van der Waals surface area contributed by atoms with Crippen LogP contribution in [0, 0.1) is 0 Å². The van der Waals surface area contributed by atoms with Crippen LogP contribution in [0.3, 0.4) is 0 Å². The molecule has 0 spiro atoms. The van der Waals surface area contributed by atoms with E-state index in [1.807, 2.05) is 13.8 Å². The number of nitrogens with zero attached hydrogens (tertiary/aromatic N) is 1. The zero-order chi connectivity index (χ0) is 13.2. The summed E-state index contributed by atoms with van der Waals surface area (Å²) < 4.78 is 5.77. The van der Waals surface area contributed by atoms with Crippen LogP contribution in [0.5, 0.6) is 0 Å². The van der Waals surface area contributed by atoms with Crippen LogP contribution in [0.4, 0.5) is 5.82 Å². The van der Waals surface area contributed by atoms with Crippen LogP contribution >= 0.6 is 0 Å². The monoisotopic (exact) mass is 251 g/mol. The highest BCUT2D eigenvalue weighted by molar-refractivity contribution is 5.38. The molecule has 0 aromatic carbocycles. The minimum atomic E-state index is -0.504. The average Bonchev–Trinajstić information content (AvgIpc) is 2.34. The molecule has 1 saturated heterocycles. The number of H-pyrrole nitrogens is 1. The second-order valence-corrected chi connectivity index (χ2v) is 5.06. The smallest absolute Gasteiger partial charge is 0.256 e. The number of nitrogens with one attached hydrogen (secondary N) is 1. The molecule has 0 amide bonds. The van der Waals surface area contributed by atoms with Gasteiger partial charge in [-0.25, -0.2) is 4.98 Å². The summed E-state index contributed by atoms with van der Waals surface area (Å²) in [6.45, 7) is 4.68. The Bertz CT molecular complexity index is 476. The molecule has 0 bridgehead atoms. The largest absolute Gasteiger partial charge is 0.383 e. The first-order valence-corrected chi connectivity index (χ1v) is 6.60. The zero-order valence-corrected chi connectivity index (χ0v) is 11.1. The summed E-state index contributed by atoms with van der Waals surface area (Å²) in [6, 6.07) is 0. The van der Waals surface area contributed by atoms with Crippen molar-refractivity contribution in [2.24, 2.45) is 0 Å². The molecule has 1 fully saturated rings. The fraction of sp³-hybridized carbons (Fsp3) is 0.692. The summed E-state index contributed by atoms with van der Waals surface area (Å²) in [5, 5.41) is 0. The van der Waals surface area contributed by atoms with Crippen molar-refractivity contribution in [3.63, 3.8) is 0 Å². The van der Waals surface area contributed by atoms with E-state index in [0.29, 0.717) is 30.2 Å². The van der Waals surface area contributed by atoms with Crippen LogP contribution < -0.4 is 11.3 Å². The Morgan fingerprint density at radius 1 is 1.50 bits per heavy atom. The predicted molar refractivity (Wildman–Crippen MR) is 70.4 cm³/mol. The molecular formula is C13H21N3O2. The lowest BCUT2D eigenvalue weighted by molar-refractivity contribution is -0.0761. The third-order valence-electron chi connectivity index (χ3n) is 3.52. The Morgan fingerprint density at radius 2 is 2.28 bits per heavy atom. The van der Waals surface area contributed by atoms with Gasteiger partial charge in [-0.05, 0) is 32.6 Å². The molecule has 1 aliphatic rings. The van der Waals surface area contributed by atoms with Crippen molar-refractivity contribution in [1.82, 2.24) is 9.97 Å². The van der Waals surface area contributed by atoms with Gasteiger partial charge < -0.3 is 15.5 Å². The van der Waals surface area contributed by atoms with E-state index in [9.17, 15) is 4.79 Å². The maximum atomic E-state index is 12.0. The average molecular weight is 251 g/mol. The first-order chi connectivity index (χ1) is 8.57. The molecule has 0 radical (unpaired) electrons. The highest BCUT2D eigenvalue weighted by atomic mass is 16.5. The van der Waals surface area contributed by atoms with Crippen LogP contribution in [-0.2, 0) is 16.8 Å². The van der Waals surface area contributed by atoms with Crippen molar-refractivity contribution < 1.29 is 4.74 Å². The molecule has 18 heavy (non-hydrogen) atoms. The van der Waals surface area contributed by atoms with Crippen molar-refractivity contribution in [3.05, 3.63) is 21.7 Å². The Hall–Kier alpha value is -1.36. The van der Waals surface area contributed by atoms with Gasteiger partial charge in [0.2, 0.25) is 0 Å². The van der Waals surface area contributed by atoms with Crippen LogP contribution in [0.2, 0.25) is 0 Å². The van der Waals surface area contributed by atoms with Crippen molar-refractivity contribution in [2.45, 2.75) is 51.6 Å². The third kappa shape index (κ3) is 2.41. The van der Waals surface area contributed by atoms with Crippen molar-refractivity contribution in [1.29, 1.82) is 0 Å². The van der Waals surface area contributed by atoms with Crippen LogP contribution in [-0.4, -0.2) is 16.6 Å². The van der Waals surface area contributed by atoms with Gasteiger partial charge in [-0.15, -0.1) is 0 Å². The molecule has 3 N–H and O–H groups in total. The van der Waals surface area contributed by atoms with Gasteiger partial charge in [-0.1, -0.05) is 13.3 Å². The second-order valence-electron chi connectivity index (χ2n) is 5.06. The maximum absolute atomic E-state index is 12.0. The summed E-state index contributed by atoms with van der Waals surface area (Å²) in [6.07, 6.45) is 4.54. The molecule has 1 atom stereocenters. The number of aromatic nitrogens is 2. The van der Waals surface area contributed by atoms with Gasteiger partial charge in [-0.2, -0.15) is 0 Å². The van der Waals surface area contributed by atoms with E-state index < -0.39 is 5.60 Å². The number of hydrogen-bond acceptors (Lipinski definition) is 4. The van der Waals surface area contributed by atoms with E-state index >= 15 is 0 Å². The van der Waals surface area contributed by atoms with E-state index in [-0.39, 0.29) is 5.56 Å². The van der Waals surface area contributed by atoms with Gasteiger partial charge in [-0.3, -0.25) is 4.79 Å². The highest BCUT2D eigenvalue weighted by Gasteiger charge is 2.33. The number of ether oxygens (including phenoxy) is 1. The molecule has 1 aromatic heterocycles. The number of rotatable bonds is 3. The molecule has 1 aromatic rings. The topological polar surface area (TPSA) is 81.0 Å². The summed E-state index contributed by atoms with van der Waals surface area (Å²) in [4.78, 5) is 19.2. The molecule has 2 rings (SSSR count). The lowest BCUT2D eigenvalue weighted by Crippen LogP contribution is -2.35. The van der Waals surface area contributed by atoms with Gasteiger partial charge >= 0.3 is 0 Å². The fourth-order valence-electron chi connectivity index (χ4n) is 2.38. The molecule has 0 aliphatic carbocycles. The lowest BCUT2D eigenvalue weighted by atomic mass is 9.95. The van der Waals surface area contributed by atoms with E-state index in [4.69, 9.17) is 10.5 Å². The van der Waals surface area contributed by atoms with Gasteiger partial charge in [0, 0.05) is 6.61 Å². The van der Waals surface area contributed by atoms with E-state index in [2.05, 4.69) is 9.97 Å². The molecule has 5 heteroatoms. The Morgan fingerprint density at radius 3 is 2.83 bits per heavy atom. The molecule has 1 unspecified atom stereocenters. The Labute approximate surface area is 107 Å². The fourth-order valence-corrected chi connectivity index (χ4v) is 2.38. The molecule has 2 heterocycles. The SMILES string of the molecule is CCCc1c(N)nc(C2(C)CCCCO2)[nH]c1=O. The third-order valence-corrected chi connectivity index (χ3v) is 3.52. The van der Waals surface area contributed by atoms with Gasteiger partial charge in [0.05, 0.1) is 5.56 Å². The molecule has 1 aliphatic heterocycles. The van der Waals surface area contributed by atoms with Crippen LogP contribution in [0.15, 0.2) is 4.79 Å². The molecular weight excluding hydrogens is 230 g/mol. The summed E-state index contributed by atoms with van der Waals surface area (Å²) in [7, 11) is 0. The Kier molecular flexibility index (Phi) is 3.71. The van der Waals surface area contributed by atoms with Crippen LogP contribution in [0.25, 0.3) is 0 Å². The zero-order valence-electron chi connectivity index (χ0n) is 11.1. The quantitative estimate of drug-likeness (QED) is 0.857. The number of anilines is 1. The highest BCUT2D eigenvalue weighted by Crippen LogP contribution is 2.32. The van der Waals surface area contributed by atoms with E-state index in [1.165, 1.54) is 0 Å². The van der Waals surface area contributed by atoms with Gasteiger partial charge in [0.15, 0.2) is 0 Å². The van der Waals surface area contributed by atoms with Gasteiger partial charge in [0.25, 0.3) is 5.56 Å². The van der Waals surface area contributed by atoms with E-state index in [0.717, 1.165) is 25.7 Å². The normalized spacial score (nSPS) is 24.1. The summed E-state index contributed by atoms with van der Waals surface area (Å²) >= 11 is 0. The number of aromatic amines is 1. The molecule has 100 valence electrons. The number of nitrogens with two attached hydrogens (primary N) is 1. The molecule has 5 nitrogen and oxygen atoms in total. The summed E-state index contributed by atoms with van der Waals surface area (Å²) in [5.41, 5.74) is 5.84. The standard InChI is InChI=1S/C13H21N3O2/c1-3-6-9-10(14)15-12(16-11(9)17)13(2)7-4-5-8-18-13/h3-8H2,1-2H3,(H3,14,15,16,17). The maximum Gasteiger partial charge on any atom is 0.256 e. The first-order valence-electron chi connectivity index (χ1n) is 6.60. The summed E-state index contributed by atoms with van der Waals surface area (Å²) in [5.74, 6) is 0.899. The second kappa shape index (κ2) is 5.10. The van der Waals surface area contributed by atoms with Crippen molar-refractivity contribution >= 4 is 5.82 Å². The number of nitrogen functional groups attached to an aromatic ring is 1. The van der Waals surface area contributed by atoms with Crippen LogP contribution in [0.1, 0.15) is 50.9 Å². The van der Waals surface area contributed by atoms with E-state index in [1.54, 1.807) is 0 Å². The lowest BCUT2D eigenvalue weighted by Gasteiger charge is -2.32. The first kappa shape index (κ1) is 13.1. The minimum absolute atomic E-state index is 0.130. The molecule has 0 saturated carbocycles. The van der Waals surface area contributed by atoms with Gasteiger partial charge in [0.1, 0.15) is 17.2 Å².